The molecular weight excluding hydrogens is 406 g/mol. The Bertz CT molecular complexity index is 1150. The smallest absolute Gasteiger partial charge is 0.266 e. The molecule has 0 fully saturated rings. The van der Waals surface area contributed by atoms with Gasteiger partial charge in [0, 0.05) is 12.6 Å². The third-order valence-electron chi connectivity index (χ3n) is 4.48. The van der Waals surface area contributed by atoms with Crippen molar-refractivity contribution in [1.82, 2.24) is 14.5 Å². The number of nitrogens with one attached hydrogen (secondary N) is 1. The molecule has 9 heteroatoms. The minimum Gasteiger partial charge on any atom is -0.492 e. The standard InChI is InChI=1S/C21H25N3O5S/c1-4-28-19-9-7-16(15(2)3)14-20(19)30(26,27)22-11-12-24-21(25)10-8-17(23-24)18-6-5-13-29-18/h5-10,13-15,22H,4,11-12H2,1-3H3. The van der Waals surface area contributed by atoms with Gasteiger partial charge in [0.1, 0.15) is 16.3 Å². The predicted octanol–water partition coefficient (Wildman–Crippen LogP) is 3.00. The molecule has 2 heterocycles. The fourth-order valence-electron chi connectivity index (χ4n) is 2.90. The van der Waals surface area contributed by atoms with E-state index in [4.69, 9.17) is 9.15 Å². The van der Waals surface area contributed by atoms with Gasteiger partial charge in [-0.05, 0) is 48.7 Å². The van der Waals surface area contributed by atoms with Gasteiger partial charge >= 0.3 is 0 Å². The summed E-state index contributed by atoms with van der Waals surface area (Å²) in [4.78, 5) is 12.2. The molecule has 1 N–H and O–H groups in total. The first kappa shape index (κ1) is 21.8. The van der Waals surface area contributed by atoms with E-state index in [0.717, 1.165) is 5.56 Å². The van der Waals surface area contributed by atoms with Crippen molar-refractivity contribution < 1.29 is 17.6 Å². The molecule has 30 heavy (non-hydrogen) atoms. The Morgan fingerprint density at radius 2 is 2.00 bits per heavy atom. The molecule has 0 radical (unpaired) electrons. The zero-order chi connectivity index (χ0) is 21.7. The number of aromatic nitrogens is 2. The van der Waals surface area contributed by atoms with Crippen LogP contribution in [0.25, 0.3) is 11.5 Å². The molecule has 0 aliphatic carbocycles. The molecule has 8 nitrogen and oxygen atoms in total. The third kappa shape index (κ3) is 4.98. The van der Waals surface area contributed by atoms with Crippen LogP contribution in [-0.2, 0) is 16.6 Å². The lowest BCUT2D eigenvalue weighted by molar-refractivity contribution is 0.330. The van der Waals surface area contributed by atoms with Gasteiger partial charge in [0.15, 0.2) is 5.76 Å². The number of hydrogen-bond acceptors (Lipinski definition) is 6. The molecular formula is C21H25N3O5S. The summed E-state index contributed by atoms with van der Waals surface area (Å²) in [6.45, 7) is 6.19. The second kappa shape index (κ2) is 9.27. The highest BCUT2D eigenvalue weighted by Crippen LogP contribution is 2.28. The number of benzene rings is 1. The van der Waals surface area contributed by atoms with Gasteiger partial charge in [0.05, 0.1) is 19.4 Å². The summed E-state index contributed by atoms with van der Waals surface area (Å²) in [5.41, 5.74) is 1.05. The number of hydrogen-bond donors (Lipinski definition) is 1. The van der Waals surface area contributed by atoms with Crippen LogP contribution in [0.5, 0.6) is 5.75 Å². The number of ether oxygens (including phenoxy) is 1. The molecule has 0 saturated heterocycles. The Kier molecular flexibility index (Phi) is 6.73. The lowest BCUT2D eigenvalue weighted by Gasteiger charge is -2.15. The summed E-state index contributed by atoms with van der Waals surface area (Å²) in [7, 11) is -3.84. The predicted molar refractivity (Wildman–Crippen MR) is 113 cm³/mol. The first-order valence-corrected chi connectivity index (χ1v) is 11.2. The molecule has 0 spiro atoms. The van der Waals surface area contributed by atoms with Crippen LogP contribution in [-0.4, -0.2) is 31.3 Å². The summed E-state index contributed by atoms with van der Waals surface area (Å²) in [6.07, 6.45) is 1.52. The monoisotopic (exact) mass is 431 g/mol. The molecule has 0 unspecified atom stereocenters. The summed E-state index contributed by atoms with van der Waals surface area (Å²) in [6, 6.07) is 11.6. The Hall–Kier alpha value is -2.91. The fourth-order valence-corrected chi connectivity index (χ4v) is 4.10. The average molecular weight is 432 g/mol. The van der Waals surface area contributed by atoms with E-state index < -0.39 is 10.0 Å². The molecule has 1 aromatic carbocycles. The van der Waals surface area contributed by atoms with Crippen molar-refractivity contribution in [3.05, 3.63) is 64.6 Å². The van der Waals surface area contributed by atoms with Crippen molar-refractivity contribution >= 4 is 10.0 Å². The number of rotatable bonds is 9. The van der Waals surface area contributed by atoms with Crippen LogP contribution in [0.3, 0.4) is 0 Å². The lowest BCUT2D eigenvalue weighted by atomic mass is 10.0. The summed E-state index contributed by atoms with van der Waals surface area (Å²) in [5, 5.41) is 4.24. The minimum atomic E-state index is -3.84. The van der Waals surface area contributed by atoms with Gasteiger partial charge in [0.2, 0.25) is 10.0 Å². The molecule has 0 aliphatic rings. The van der Waals surface area contributed by atoms with Gasteiger partial charge in [-0.1, -0.05) is 19.9 Å². The zero-order valence-electron chi connectivity index (χ0n) is 17.2. The van der Waals surface area contributed by atoms with Crippen LogP contribution in [0.4, 0.5) is 0 Å². The summed E-state index contributed by atoms with van der Waals surface area (Å²) in [5.74, 6) is 0.988. The molecule has 0 aliphatic heterocycles. The maximum atomic E-state index is 12.9. The lowest BCUT2D eigenvalue weighted by Crippen LogP contribution is -2.32. The van der Waals surface area contributed by atoms with Crippen LogP contribution >= 0.6 is 0 Å². The van der Waals surface area contributed by atoms with E-state index in [2.05, 4.69) is 9.82 Å². The molecule has 0 saturated carbocycles. The molecule has 3 aromatic rings. The van der Waals surface area contributed by atoms with Crippen LogP contribution in [0.2, 0.25) is 0 Å². The van der Waals surface area contributed by atoms with E-state index in [1.807, 2.05) is 19.9 Å². The van der Waals surface area contributed by atoms with Crippen molar-refractivity contribution in [2.45, 2.75) is 38.1 Å². The maximum absolute atomic E-state index is 12.9. The van der Waals surface area contributed by atoms with Crippen LogP contribution in [0, 0.1) is 0 Å². The number of nitrogens with zero attached hydrogens (tertiary/aromatic N) is 2. The van der Waals surface area contributed by atoms with Gasteiger partial charge in [-0.2, -0.15) is 5.10 Å². The topological polar surface area (TPSA) is 103 Å². The molecule has 0 atom stereocenters. The zero-order valence-corrected chi connectivity index (χ0v) is 18.0. The van der Waals surface area contributed by atoms with E-state index >= 15 is 0 Å². The molecule has 0 amide bonds. The third-order valence-corrected chi connectivity index (χ3v) is 5.96. The summed E-state index contributed by atoms with van der Waals surface area (Å²) < 4.78 is 40.4. The van der Waals surface area contributed by atoms with Gasteiger partial charge in [-0.25, -0.2) is 17.8 Å². The highest BCUT2D eigenvalue weighted by atomic mass is 32.2. The summed E-state index contributed by atoms with van der Waals surface area (Å²) >= 11 is 0. The van der Waals surface area contributed by atoms with Gasteiger partial charge < -0.3 is 9.15 Å². The Morgan fingerprint density at radius 1 is 1.20 bits per heavy atom. The van der Waals surface area contributed by atoms with E-state index in [9.17, 15) is 13.2 Å². The van der Waals surface area contributed by atoms with E-state index in [-0.39, 0.29) is 29.5 Å². The Morgan fingerprint density at radius 3 is 2.67 bits per heavy atom. The molecule has 2 aromatic heterocycles. The van der Waals surface area contributed by atoms with Crippen LogP contribution < -0.4 is 15.0 Å². The normalized spacial score (nSPS) is 11.7. The van der Waals surface area contributed by atoms with Gasteiger partial charge in [-0.15, -0.1) is 0 Å². The first-order chi connectivity index (χ1) is 14.3. The van der Waals surface area contributed by atoms with Crippen LogP contribution in [0.15, 0.2) is 62.8 Å². The van der Waals surface area contributed by atoms with Crippen molar-refractivity contribution in [3.63, 3.8) is 0 Å². The van der Waals surface area contributed by atoms with E-state index in [1.54, 1.807) is 37.3 Å². The SMILES string of the molecule is CCOc1ccc(C(C)C)cc1S(=O)(=O)NCCn1nc(-c2ccco2)ccc1=O. The van der Waals surface area contributed by atoms with Gasteiger partial charge in [-0.3, -0.25) is 4.79 Å². The maximum Gasteiger partial charge on any atom is 0.266 e. The minimum absolute atomic E-state index is 0.00564. The first-order valence-electron chi connectivity index (χ1n) is 9.70. The average Bonchev–Trinajstić information content (AvgIpc) is 3.24. The second-order valence-electron chi connectivity index (χ2n) is 6.95. The number of furan rings is 1. The van der Waals surface area contributed by atoms with Gasteiger partial charge in [0.25, 0.3) is 5.56 Å². The van der Waals surface area contributed by atoms with E-state index in [0.29, 0.717) is 23.8 Å². The van der Waals surface area contributed by atoms with Crippen molar-refractivity contribution in [2.75, 3.05) is 13.2 Å². The van der Waals surface area contributed by atoms with E-state index in [1.165, 1.54) is 17.0 Å². The van der Waals surface area contributed by atoms with Crippen molar-refractivity contribution in [2.24, 2.45) is 0 Å². The molecule has 160 valence electrons. The highest BCUT2D eigenvalue weighted by molar-refractivity contribution is 7.89. The fraction of sp³-hybridized carbons (Fsp3) is 0.333. The Labute approximate surface area is 175 Å². The number of sulfonamides is 1. The molecule has 3 rings (SSSR count). The van der Waals surface area contributed by atoms with Crippen molar-refractivity contribution in [1.29, 1.82) is 0 Å². The van der Waals surface area contributed by atoms with Crippen LogP contribution in [0.1, 0.15) is 32.3 Å². The molecule has 0 bridgehead atoms. The highest BCUT2D eigenvalue weighted by Gasteiger charge is 2.21. The van der Waals surface area contributed by atoms with Crippen molar-refractivity contribution in [3.8, 4) is 17.2 Å². The largest absolute Gasteiger partial charge is 0.492 e. The quantitative estimate of drug-likeness (QED) is 0.559. The Balaban J connectivity index is 1.78. The second-order valence-corrected chi connectivity index (χ2v) is 8.68.